The zero-order valence-electron chi connectivity index (χ0n) is 14.3. The number of ether oxygens (including phenoxy) is 1. The second kappa shape index (κ2) is 6.64. The fourth-order valence-electron chi connectivity index (χ4n) is 3.40. The van der Waals surface area contributed by atoms with Crippen LogP contribution < -0.4 is 10.1 Å². The minimum atomic E-state index is -3.42. The molecule has 9 heteroatoms. The first kappa shape index (κ1) is 17.4. The highest BCUT2D eigenvalue weighted by molar-refractivity contribution is 7.88. The van der Waals surface area contributed by atoms with Crippen LogP contribution in [0, 0.1) is 0 Å². The van der Waals surface area contributed by atoms with Gasteiger partial charge in [0.2, 0.25) is 15.9 Å². The second-order valence-corrected chi connectivity index (χ2v) is 9.47. The summed E-state index contributed by atoms with van der Waals surface area (Å²) in [7, 11) is -3.42. The number of nitrogens with zero attached hydrogens (tertiary/aromatic N) is 2. The van der Waals surface area contributed by atoms with Crippen molar-refractivity contribution in [3.05, 3.63) is 29.1 Å². The molecule has 26 heavy (non-hydrogen) atoms. The number of hydrogen-bond acceptors (Lipinski definition) is 6. The normalized spacial score (nSPS) is 20.0. The Morgan fingerprint density at radius 1 is 1.35 bits per heavy atom. The number of sulfonamides is 1. The maximum Gasteiger partial charge on any atom is 0.244 e. The lowest BCUT2D eigenvalue weighted by Gasteiger charge is -2.32. The average Bonchev–Trinajstić information content (AvgIpc) is 3.04. The number of amides is 1. The highest BCUT2D eigenvalue weighted by atomic mass is 32.2. The van der Waals surface area contributed by atoms with Gasteiger partial charge in [0.1, 0.15) is 18.4 Å². The van der Waals surface area contributed by atoms with Crippen LogP contribution in [0.3, 0.4) is 0 Å². The Balaban J connectivity index is 1.57. The van der Waals surface area contributed by atoms with Crippen LogP contribution in [0.25, 0.3) is 11.3 Å². The van der Waals surface area contributed by atoms with E-state index in [1.165, 1.54) is 15.6 Å². The number of fused-ring (bicyclic) bond motifs is 3. The van der Waals surface area contributed by atoms with Gasteiger partial charge in [-0.05, 0) is 25.0 Å². The van der Waals surface area contributed by atoms with Gasteiger partial charge in [0, 0.05) is 12.1 Å². The van der Waals surface area contributed by atoms with Crippen molar-refractivity contribution >= 4 is 32.4 Å². The summed E-state index contributed by atoms with van der Waals surface area (Å²) in [6, 6.07) is 6.97. The third-order valence-corrected chi connectivity index (χ3v) is 6.84. The second-order valence-electron chi connectivity index (χ2n) is 6.45. The number of thiazole rings is 1. The summed E-state index contributed by atoms with van der Waals surface area (Å²) in [5, 5.41) is 3.28. The molecule has 4 rings (SSSR count). The van der Waals surface area contributed by atoms with Gasteiger partial charge in [-0.3, -0.25) is 4.79 Å². The summed E-state index contributed by atoms with van der Waals surface area (Å²) in [6.45, 7) is 0.797. The molecule has 0 bridgehead atoms. The number of piperidine rings is 1. The van der Waals surface area contributed by atoms with Gasteiger partial charge in [0.05, 0.1) is 16.8 Å². The van der Waals surface area contributed by atoms with E-state index >= 15 is 0 Å². The van der Waals surface area contributed by atoms with Crippen molar-refractivity contribution in [2.75, 3.05) is 18.1 Å². The van der Waals surface area contributed by atoms with Crippen LogP contribution in [-0.4, -0.2) is 42.5 Å². The lowest BCUT2D eigenvalue weighted by Crippen LogP contribution is -2.49. The van der Waals surface area contributed by atoms with Gasteiger partial charge in [0.25, 0.3) is 0 Å². The van der Waals surface area contributed by atoms with Crippen molar-refractivity contribution in [2.24, 2.45) is 0 Å². The van der Waals surface area contributed by atoms with Crippen molar-refractivity contribution in [1.82, 2.24) is 9.29 Å². The number of nitrogens with one attached hydrogen (secondary N) is 1. The van der Waals surface area contributed by atoms with Crippen LogP contribution in [0.4, 0.5) is 5.13 Å². The Morgan fingerprint density at radius 2 is 2.15 bits per heavy atom. The van der Waals surface area contributed by atoms with Crippen LogP contribution in [0.15, 0.2) is 24.3 Å². The minimum absolute atomic E-state index is 0.324. The molecule has 1 aromatic carbocycles. The van der Waals surface area contributed by atoms with Crippen LogP contribution in [-0.2, 0) is 21.4 Å². The Bertz CT molecular complexity index is 955. The standard InChI is InChI=1S/C17H19N3O4S2/c1-26(22,23)20-9-5-4-7-12(20)16(21)19-17-18-15-11-6-2-3-8-13(11)24-10-14(15)25-17/h2-3,6,8,12H,4-5,7,9-10H2,1H3,(H,18,19,21). The van der Waals surface area contributed by atoms with Gasteiger partial charge in [-0.2, -0.15) is 4.31 Å². The highest BCUT2D eigenvalue weighted by Gasteiger charge is 2.35. The molecule has 3 heterocycles. The summed E-state index contributed by atoms with van der Waals surface area (Å²) in [6.07, 6.45) is 3.28. The van der Waals surface area contributed by atoms with E-state index in [2.05, 4.69) is 10.3 Å². The molecule has 138 valence electrons. The SMILES string of the molecule is CS(=O)(=O)N1CCCCC1C(=O)Nc1nc2c(s1)COc1ccccc1-2. The molecule has 0 radical (unpaired) electrons. The van der Waals surface area contributed by atoms with Gasteiger partial charge in [-0.25, -0.2) is 13.4 Å². The van der Waals surface area contributed by atoms with E-state index in [0.29, 0.717) is 24.7 Å². The van der Waals surface area contributed by atoms with Gasteiger partial charge < -0.3 is 10.1 Å². The van der Waals surface area contributed by atoms with Gasteiger partial charge >= 0.3 is 0 Å². The molecule has 0 spiro atoms. The van der Waals surface area contributed by atoms with Crippen molar-refractivity contribution in [1.29, 1.82) is 0 Å². The van der Waals surface area contributed by atoms with Crippen LogP contribution in [0.5, 0.6) is 5.75 Å². The number of para-hydroxylation sites is 1. The topological polar surface area (TPSA) is 88.6 Å². The fraction of sp³-hybridized carbons (Fsp3) is 0.412. The zero-order valence-corrected chi connectivity index (χ0v) is 15.9. The maximum atomic E-state index is 12.7. The number of hydrogen-bond donors (Lipinski definition) is 1. The van der Waals surface area contributed by atoms with E-state index in [1.54, 1.807) is 0 Å². The van der Waals surface area contributed by atoms with Crippen molar-refractivity contribution in [3.8, 4) is 17.0 Å². The van der Waals surface area contributed by atoms with Gasteiger partial charge in [-0.1, -0.05) is 29.9 Å². The summed E-state index contributed by atoms with van der Waals surface area (Å²) in [4.78, 5) is 18.2. The first-order chi connectivity index (χ1) is 12.4. The first-order valence-corrected chi connectivity index (χ1v) is 11.1. The molecule has 1 atom stereocenters. The summed E-state index contributed by atoms with van der Waals surface area (Å²) in [5.41, 5.74) is 1.72. The molecule has 7 nitrogen and oxygen atoms in total. The lowest BCUT2D eigenvalue weighted by atomic mass is 10.0. The number of carbonyl (C=O) groups is 1. The van der Waals surface area contributed by atoms with E-state index in [1.807, 2.05) is 24.3 Å². The largest absolute Gasteiger partial charge is 0.487 e. The molecule has 2 aliphatic heterocycles. The number of anilines is 1. The van der Waals surface area contributed by atoms with Crippen LogP contribution >= 0.6 is 11.3 Å². The minimum Gasteiger partial charge on any atom is -0.487 e. The third-order valence-electron chi connectivity index (χ3n) is 4.61. The third kappa shape index (κ3) is 3.22. The van der Waals surface area contributed by atoms with E-state index in [0.717, 1.165) is 41.0 Å². The van der Waals surface area contributed by atoms with Crippen molar-refractivity contribution in [3.63, 3.8) is 0 Å². The summed E-state index contributed by atoms with van der Waals surface area (Å²) < 4.78 is 30.9. The molecule has 0 aliphatic carbocycles. The molecule has 1 unspecified atom stereocenters. The quantitative estimate of drug-likeness (QED) is 0.865. The van der Waals surface area contributed by atoms with Gasteiger partial charge in [-0.15, -0.1) is 0 Å². The smallest absolute Gasteiger partial charge is 0.244 e. The van der Waals surface area contributed by atoms with E-state index in [9.17, 15) is 13.2 Å². The molecule has 1 amide bonds. The van der Waals surface area contributed by atoms with Crippen molar-refractivity contribution in [2.45, 2.75) is 31.9 Å². The lowest BCUT2D eigenvalue weighted by molar-refractivity contribution is -0.120. The zero-order chi connectivity index (χ0) is 18.3. The predicted octanol–water partition coefficient (Wildman–Crippen LogP) is 2.46. The highest BCUT2D eigenvalue weighted by Crippen LogP contribution is 2.40. The monoisotopic (exact) mass is 393 g/mol. The molecule has 2 aliphatic rings. The number of benzene rings is 1. The summed E-state index contributed by atoms with van der Waals surface area (Å²) >= 11 is 1.36. The van der Waals surface area contributed by atoms with Crippen LogP contribution in [0.2, 0.25) is 0 Å². The number of aromatic nitrogens is 1. The van der Waals surface area contributed by atoms with E-state index in [4.69, 9.17) is 4.74 Å². The number of carbonyl (C=O) groups excluding carboxylic acids is 1. The number of rotatable bonds is 3. The molecule has 1 fully saturated rings. The average molecular weight is 393 g/mol. The van der Waals surface area contributed by atoms with Crippen LogP contribution in [0.1, 0.15) is 24.1 Å². The van der Waals surface area contributed by atoms with Gasteiger partial charge in [0.15, 0.2) is 5.13 Å². The molecule has 0 saturated carbocycles. The molecule has 1 saturated heterocycles. The van der Waals surface area contributed by atoms with E-state index < -0.39 is 16.1 Å². The molecular formula is C17H19N3O4S2. The van der Waals surface area contributed by atoms with Crippen molar-refractivity contribution < 1.29 is 17.9 Å². The molecule has 2 aromatic rings. The Kier molecular flexibility index (Phi) is 4.45. The molecular weight excluding hydrogens is 374 g/mol. The molecule has 1 aromatic heterocycles. The Labute approximate surface area is 156 Å². The fourth-order valence-corrected chi connectivity index (χ4v) is 5.41. The molecule has 1 N–H and O–H groups in total. The maximum absolute atomic E-state index is 12.7. The summed E-state index contributed by atoms with van der Waals surface area (Å²) in [5.74, 6) is 0.453. The first-order valence-electron chi connectivity index (χ1n) is 8.43. The van der Waals surface area contributed by atoms with E-state index in [-0.39, 0.29) is 5.91 Å². The Hall–Kier alpha value is -1.97. The Morgan fingerprint density at radius 3 is 2.96 bits per heavy atom. The predicted molar refractivity (Wildman–Crippen MR) is 99.7 cm³/mol.